The van der Waals surface area contributed by atoms with E-state index >= 15 is 4.39 Å². The van der Waals surface area contributed by atoms with Gasteiger partial charge in [-0.25, -0.2) is 19.2 Å². The summed E-state index contributed by atoms with van der Waals surface area (Å²) in [5.74, 6) is 0.260. The molecule has 0 aliphatic carbocycles. The lowest BCUT2D eigenvalue weighted by Crippen LogP contribution is -2.35. The summed E-state index contributed by atoms with van der Waals surface area (Å²) < 4.78 is 29.5. The Hall–Kier alpha value is -3.50. The number of hydrogen-bond acceptors (Lipinski definition) is 6. The van der Waals surface area contributed by atoms with Crippen molar-refractivity contribution in [2.45, 2.75) is 50.5 Å². The molecule has 0 radical (unpaired) electrons. The van der Waals surface area contributed by atoms with E-state index in [4.69, 9.17) is 37.7 Å². The Morgan fingerprint density at radius 2 is 1.91 bits per heavy atom. The summed E-state index contributed by atoms with van der Waals surface area (Å²) in [7, 11) is 0. The molecule has 0 bridgehead atoms. The van der Waals surface area contributed by atoms with Gasteiger partial charge in [-0.15, -0.1) is 0 Å². The van der Waals surface area contributed by atoms with Crippen LogP contribution < -0.4 is 4.74 Å². The first kappa shape index (κ1) is 28.3. The van der Waals surface area contributed by atoms with Gasteiger partial charge in [0.15, 0.2) is 5.65 Å². The Balaban J connectivity index is 1.10. The molecule has 2 atom stereocenters. The van der Waals surface area contributed by atoms with Crippen molar-refractivity contribution in [3.63, 3.8) is 0 Å². The van der Waals surface area contributed by atoms with Gasteiger partial charge in [0.2, 0.25) is 0 Å². The summed E-state index contributed by atoms with van der Waals surface area (Å²) in [6, 6.07) is 12.4. The van der Waals surface area contributed by atoms with Crippen molar-refractivity contribution in [1.29, 1.82) is 0 Å². The maximum atomic E-state index is 15.3. The molecule has 8 nitrogen and oxygen atoms in total. The number of carbonyl (C=O) groups is 1. The number of likely N-dealkylation sites (tertiary alicyclic amines) is 1. The number of rotatable bonds is 7. The summed E-state index contributed by atoms with van der Waals surface area (Å²) >= 11 is 12.5. The number of aromatic carboxylic acids is 1. The molecule has 222 valence electrons. The van der Waals surface area contributed by atoms with Gasteiger partial charge in [-0.05, 0) is 74.2 Å². The van der Waals surface area contributed by atoms with E-state index in [1.165, 1.54) is 12.3 Å². The van der Waals surface area contributed by atoms with Crippen LogP contribution in [0.2, 0.25) is 10.0 Å². The normalized spacial score (nSPS) is 20.8. The SMILES string of the molecule is O=C(O)c1cnc2nc(CN3CCC(c4cccc5c4OC(c4ccc(Cl)cc4Cl)C=C5F)CC3)n(CC3CCO3)c2c1. The largest absolute Gasteiger partial charge is 0.480 e. The van der Waals surface area contributed by atoms with E-state index in [-0.39, 0.29) is 23.4 Å². The Morgan fingerprint density at radius 3 is 2.63 bits per heavy atom. The number of fused-ring (bicyclic) bond motifs is 2. The highest BCUT2D eigenvalue weighted by molar-refractivity contribution is 6.35. The van der Waals surface area contributed by atoms with E-state index in [0.29, 0.717) is 51.2 Å². The first-order valence-electron chi connectivity index (χ1n) is 14.4. The third kappa shape index (κ3) is 5.51. The zero-order chi connectivity index (χ0) is 29.7. The van der Waals surface area contributed by atoms with Crippen molar-refractivity contribution >= 4 is 46.2 Å². The average Bonchev–Trinajstić information content (AvgIpc) is 3.31. The first-order chi connectivity index (χ1) is 20.8. The van der Waals surface area contributed by atoms with E-state index in [9.17, 15) is 9.90 Å². The van der Waals surface area contributed by atoms with Crippen LogP contribution in [-0.2, 0) is 17.8 Å². The number of benzene rings is 2. The molecule has 0 amide bonds. The number of aromatic nitrogens is 3. The van der Waals surface area contributed by atoms with Crippen LogP contribution >= 0.6 is 23.2 Å². The van der Waals surface area contributed by atoms with E-state index in [2.05, 4.69) is 14.5 Å². The molecule has 5 heterocycles. The fourth-order valence-corrected chi connectivity index (χ4v) is 6.71. The minimum atomic E-state index is -1.02. The number of carboxylic acid groups (broad SMARTS) is 1. The Labute approximate surface area is 257 Å². The maximum Gasteiger partial charge on any atom is 0.337 e. The Morgan fingerprint density at radius 1 is 1.09 bits per heavy atom. The highest BCUT2D eigenvalue weighted by Gasteiger charge is 2.31. The summed E-state index contributed by atoms with van der Waals surface area (Å²) in [5, 5.41) is 10.4. The lowest BCUT2D eigenvalue weighted by molar-refractivity contribution is -0.0592. The highest BCUT2D eigenvalue weighted by atomic mass is 35.5. The lowest BCUT2D eigenvalue weighted by Gasteiger charge is -2.34. The minimum Gasteiger partial charge on any atom is -0.480 e. The predicted molar refractivity (Wildman–Crippen MR) is 161 cm³/mol. The molecule has 1 N–H and O–H groups in total. The third-order valence-electron chi connectivity index (χ3n) is 8.62. The molecular weight excluding hydrogens is 594 g/mol. The molecule has 2 saturated heterocycles. The average molecular weight is 624 g/mol. The van der Waals surface area contributed by atoms with E-state index in [1.54, 1.807) is 30.3 Å². The Kier molecular flexibility index (Phi) is 7.59. The van der Waals surface area contributed by atoms with Gasteiger partial charge >= 0.3 is 5.97 Å². The molecule has 0 saturated carbocycles. The van der Waals surface area contributed by atoms with Gasteiger partial charge in [-0.1, -0.05) is 41.4 Å². The zero-order valence-electron chi connectivity index (χ0n) is 23.2. The molecule has 2 unspecified atom stereocenters. The lowest BCUT2D eigenvalue weighted by atomic mass is 9.86. The van der Waals surface area contributed by atoms with Crippen LogP contribution in [0.15, 0.2) is 54.7 Å². The maximum absolute atomic E-state index is 15.3. The number of nitrogens with zero attached hydrogens (tertiary/aromatic N) is 4. The van der Waals surface area contributed by atoms with Crippen LogP contribution in [-0.4, -0.2) is 56.3 Å². The number of ether oxygens (including phenoxy) is 2. The van der Waals surface area contributed by atoms with Gasteiger partial charge in [0.1, 0.15) is 23.5 Å². The minimum absolute atomic E-state index is 0.0839. The first-order valence-corrected chi connectivity index (χ1v) is 15.1. The quantitative estimate of drug-likeness (QED) is 0.236. The molecule has 0 spiro atoms. The molecule has 7 rings (SSSR count). The number of hydrogen-bond donors (Lipinski definition) is 1. The number of piperidine rings is 1. The second kappa shape index (κ2) is 11.5. The second-order valence-electron chi connectivity index (χ2n) is 11.3. The highest BCUT2D eigenvalue weighted by Crippen LogP contribution is 2.45. The van der Waals surface area contributed by atoms with E-state index < -0.39 is 12.1 Å². The molecule has 2 fully saturated rings. The third-order valence-corrected chi connectivity index (χ3v) is 9.18. The zero-order valence-corrected chi connectivity index (χ0v) is 24.7. The van der Waals surface area contributed by atoms with Gasteiger partial charge in [-0.3, -0.25) is 4.90 Å². The van der Waals surface area contributed by atoms with Gasteiger partial charge < -0.3 is 19.1 Å². The molecular formula is C32H29Cl2FN4O4. The van der Waals surface area contributed by atoms with Crippen molar-refractivity contribution < 1.29 is 23.8 Å². The van der Waals surface area contributed by atoms with Crippen molar-refractivity contribution in [1.82, 2.24) is 19.4 Å². The van der Waals surface area contributed by atoms with E-state index in [1.807, 2.05) is 12.1 Å². The molecule has 3 aliphatic heterocycles. The van der Waals surface area contributed by atoms with Crippen LogP contribution in [0.5, 0.6) is 5.75 Å². The summed E-state index contributed by atoms with van der Waals surface area (Å²) in [4.78, 5) is 23.1. The van der Waals surface area contributed by atoms with Gasteiger partial charge in [-0.2, -0.15) is 0 Å². The van der Waals surface area contributed by atoms with E-state index in [0.717, 1.165) is 50.3 Å². The fraction of sp³-hybridized carbons (Fsp3) is 0.344. The van der Waals surface area contributed by atoms with Crippen LogP contribution in [0.1, 0.15) is 64.2 Å². The predicted octanol–water partition coefficient (Wildman–Crippen LogP) is 7.05. The van der Waals surface area contributed by atoms with Crippen molar-refractivity contribution in [2.75, 3.05) is 19.7 Å². The number of carboxylic acids is 1. The number of imidazole rings is 1. The van der Waals surface area contributed by atoms with Crippen LogP contribution in [0.25, 0.3) is 17.0 Å². The van der Waals surface area contributed by atoms with Crippen molar-refractivity contribution in [3.05, 3.63) is 92.9 Å². The van der Waals surface area contributed by atoms with Crippen LogP contribution in [0, 0.1) is 0 Å². The van der Waals surface area contributed by atoms with Crippen molar-refractivity contribution in [3.8, 4) is 5.75 Å². The molecule has 43 heavy (non-hydrogen) atoms. The standard InChI is InChI=1S/C32H29Cl2FN4O4/c33-20-4-5-23(25(34)13-20)28-14-26(35)24-3-1-2-22(30(24)43-28)18-6-9-38(10-7-18)17-29-37-31-27(12-19(15-36-31)32(40)41)39(29)16-21-8-11-42-21/h1-5,12-15,18,21,28H,6-11,16-17H2,(H,40,41). The summed E-state index contributed by atoms with van der Waals surface area (Å²) in [6.07, 6.45) is 4.93. The van der Waals surface area contributed by atoms with Crippen molar-refractivity contribution in [2.24, 2.45) is 0 Å². The molecule has 4 aromatic rings. The Bertz CT molecular complexity index is 1750. The number of pyridine rings is 1. The monoisotopic (exact) mass is 622 g/mol. The van der Waals surface area contributed by atoms with Gasteiger partial charge in [0, 0.05) is 28.4 Å². The molecule has 11 heteroatoms. The van der Waals surface area contributed by atoms with Crippen LogP contribution in [0.4, 0.5) is 4.39 Å². The summed E-state index contributed by atoms with van der Waals surface area (Å²) in [5.41, 5.74) is 3.50. The summed E-state index contributed by atoms with van der Waals surface area (Å²) in [6.45, 7) is 3.58. The van der Waals surface area contributed by atoms with Crippen LogP contribution in [0.3, 0.4) is 0 Å². The topological polar surface area (TPSA) is 89.7 Å². The smallest absolute Gasteiger partial charge is 0.337 e. The second-order valence-corrected chi connectivity index (χ2v) is 12.1. The fourth-order valence-electron chi connectivity index (χ4n) is 6.19. The molecule has 3 aliphatic rings. The van der Waals surface area contributed by atoms with Gasteiger partial charge in [0.05, 0.1) is 35.8 Å². The molecule has 2 aromatic heterocycles. The number of halogens is 3. The molecule has 2 aromatic carbocycles. The number of para-hydroxylation sites is 1. The van der Waals surface area contributed by atoms with Gasteiger partial charge in [0.25, 0.3) is 0 Å².